The van der Waals surface area contributed by atoms with Crippen LogP contribution in [0.4, 0.5) is 8.78 Å². The van der Waals surface area contributed by atoms with Gasteiger partial charge in [-0.1, -0.05) is 25.1 Å². The first kappa shape index (κ1) is 29.5. The molecule has 0 aliphatic heterocycles. The quantitative estimate of drug-likeness (QED) is 0.300. The molecule has 1 aliphatic rings. The lowest BCUT2D eigenvalue weighted by Gasteiger charge is -2.30. The third-order valence-corrected chi connectivity index (χ3v) is 7.47. The molecule has 0 saturated carbocycles. The lowest BCUT2D eigenvalue weighted by molar-refractivity contribution is -0.122. The number of aryl methyl sites for hydroxylation is 2. The minimum atomic E-state index is -1.00. The highest BCUT2D eigenvalue weighted by Gasteiger charge is 2.26. The standard InChI is InChI=1S/C32H38F2N2O4/c1-4-20-8-9-23-6-5-7-29(28(23)14-20)35-19-31(37)30(15-21-10-24(33)17-25(34)11-21)36-32(38)16-22-12-26(39-2)18-27(13-22)40-3/h8-14,17-18,29-31,35,37H,4-7,15-16,19H2,1-3H3,(H,36,38)/t29-,30-,31+/m1/s1. The first-order valence-corrected chi connectivity index (χ1v) is 13.8. The largest absolute Gasteiger partial charge is 0.497 e. The van der Waals surface area contributed by atoms with E-state index in [2.05, 4.69) is 35.8 Å². The van der Waals surface area contributed by atoms with Crippen LogP contribution in [-0.2, 0) is 30.5 Å². The molecular formula is C32H38F2N2O4. The van der Waals surface area contributed by atoms with Crippen molar-refractivity contribution in [3.63, 3.8) is 0 Å². The Kier molecular flexibility index (Phi) is 10.1. The van der Waals surface area contributed by atoms with E-state index in [1.165, 1.54) is 43.0 Å². The smallest absolute Gasteiger partial charge is 0.224 e. The number of amides is 1. The molecule has 3 atom stereocenters. The van der Waals surface area contributed by atoms with Gasteiger partial charge in [0.15, 0.2) is 0 Å². The molecule has 0 bridgehead atoms. The Labute approximate surface area is 234 Å². The highest BCUT2D eigenvalue weighted by atomic mass is 19.1. The molecule has 6 nitrogen and oxygen atoms in total. The van der Waals surface area contributed by atoms with E-state index in [9.17, 15) is 18.7 Å². The Hall–Kier alpha value is -3.49. The van der Waals surface area contributed by atoms with Crippen LogP contribution in [0.3, 0.4) is 0 Å². The number of rotatable bonds is 12. The number of aliphatic hydroxyl groups excluding tert-OH is 1. The van der Waals surface area contributed by atoms with Crippen molar-refractivity contribution < 1.29 is 28.2 Å². The predicted octanol–water partition coefficient (Wildman–Crippen LogP) is 4.84. The van der Waals surface area contributed by atoms with Crippen molar-refractivity contribution in [2.45, 2.75) is 63.6 Å². The van der Waals surface area contributed by atoms with Crippen LogP contribution in [0.2, 0.25) is 0 Å². The van der Waals surface area contributed by atoms with Gasteiger partial charge in [-0.15, -0.1) is 0 Å². The Morgan fingerprint density at radius 1 is 0.975 bits per heavy atom. The van der Waals surface area contributed by atoms with E-state index >= 15 is 0 Å². The van der Waals surface area contributed by atoms with Crippen LogP contribution in [0.1, 0.15) is 53.6 Å². The fourth-order valence-electron chi connectivity index (χ4n) is 5.36. The van der Waals surface area contributed by atoms with E-state index in [4.69, 9.17) is 9.47 Å². The maximum Gasteiger partial charge on any atom is 0.224 e. The van der Waals surface area contributed by atoms with Crippen LogP contribution in [0, 0.1) is 11.6 Å². The molecule has 3 aromatic carbocycles. The number of carbonyl (C=O) groups is 1. The number of fused-ring (bicyclic) bond motifs is 1. The van der Waals surface area contributed by atoms with Gasteiger partial charge in [-0.25, -0.2) is 8.78 Å². The third-order valence-electron chi connectivity index (χ3n) is 7.47. The average Bonchev–Trinajstić information content (AvgIpc) is 2.94. The summed E-state index contributed by atoms with van der Waals surface area (Å²) in [5.41, 5.74) is 4.84. The first-order chi connectivity index (χ1) is 19.3. The van der Waals surface area contributed by atoms with Crippen LogP contribution in [0.5, 0.6) is 11.5 Å². The number of nitrogens with one attached hydrogen (secondary N) is 2. The lowest BCUT2D eigenvalue weighted by Crippen LogP contribution is -2.49. The molecule has 3 aromatic rings. The average molecular weight is 553 g/mol. The summed E-state index contributed by atoms with van der Waals surface area (Å²) in [6, 6.07) is 14.3. The normalized spacial score (nSPS) is 16.1. The number of halogens is 2. The summed E-state index contributed by atoms with van der Waals surface area (Å²) in [7, 11) is 3.06. The number of ether oxygens (including phenoxy) is 2. The van der Waals surface area contributed by atoms with Gasteiger partial charge in [0.1, 0.15) is 23.1 Å². The van der Waals surface area contributed by atoms with Crippen LogP contribution in [-0.4, -0.2) is 43.9 Å². The number of hydrogen-bond donors (Lipinski definition) is 3. The molecule has 0 spiro atoms. The minimum absolute atomic E-state index is 0.0114. The number of carbonyl (C=O) groups excluding carboxylic acids is 1. The molecule has 3 N–H and O–H groups in total. The monoisotopic (exact) mass is 552 g/mol. The molecule has 4 rings (SSSR count). The number of aliphatic hydroxyl groups is 1. The second-order valence-corrected chi connectivity index (χ2v) is 10.4. The van der Waals surface area contributed by atoms with Gasteiger partial charge in [0.2, 0.25) is 5.91 Å². The van der Waals surface area contributed by atoms with Crippen LogP contribution in [0.25, 0.3) is 0 Å². The summed E-state index contributed by atoms with van der Waals surface area (Å²) in [6.07, 6.45) is 3.02. The molecule has 0 unspecified atom stereocenters. The van der Waals surface area contributed by atoms with Gasteiger partial charge in [0.25, 0.3) is 0 Å². The van der Waals surface area contributed by atoms with Gasteiger partial charge in [-0.2, -0.15) is 0 Å². The zero-order valence-corrected chi connectivity index (χ0v) is 23.3. The summed E-state index contributed by atoms with van der Waals surface area (Å²) < 4.78 is 38.5. The van der Waals surface area contributed by atoms with E-state index in [0.717, 1.165) is 31.7 Å². The number of methoxy groups -OCH3 is 2. The second kappa shape index (κ2) is 13.7. The second-order valence-electron chi connectivity index (χ2n) is 10.4. The van der Waals surface area contributed by atoms with E-state index in [1.54, 1.807) is 18.2 Å². The van der Waals surface area contributed by atoms with Crippen molar-refractivity contribution in [3.8, 4) is 11.5 Å². The third kappa shape index (κ3) is 7.79. The molecule has 0 heterocycles. The Morgan fingerprint density at radius 3 is 2.33 bits per heavy atom. The first-order valence-electron chi connectivity index (χ1n) is 13.8. The molecule has 1 aliphatic carbocycles. The van der Waals surface area contributed by atoms with Gasteiger partial charge in [-0.3, -0.25) is 4.79 Å². The molecule has 0 fully saturated rings. The molecule has 1 amide bonds. The van der Waals surface area contributed by atoms with Gasteiger partial charge in [0, 0.05) is 24.7 Å². The van der Waals surface area contributed by atoms with Crippen molar-refractivity contribution >= 4 is 5.91 Å². The molecule has 0 saturated heterocycles. The summed E-state index contributed by atoms with van der Waals surface area (Å²) in [5.74, 6) is -0.649. The summed E-state index contributed by atoms with van der Waals surface area (Å²) in [5, 5.41) is 17.6. The molecule has 0 aromatic heterocycles. The maximum absolute atomic E-state index is 13.9. The molecule has 214 valence electrons. The van der Waals surface area contributed by atoms with Crippen molar-refractivity contribution in [3.05, 3.63) is 94.0 Å². The fraction of sp³-hybridized carbons (Fsp3) is 0.406. The summed E-state index contributed by atoms with van der Waals surface area (Å²) in [6.45, 7) is 2.33. The molecule has 40 heavy (non-hydrogen) atoms. The van der Waals surface area contributed by atoms with Crippen molar-refractivity contribution in [1.29, 1.82) is 0 Å². The number of benzene rings is 3. The Bertz CT molecular complexity index is 1270. The van der Waals surface area contributed by atoms with E-state index in [0.29, 0.717) is 22.6 Å². The van der Waals surface area contributed by atoms with E-state index < -0.39 is 23.8 Å². The SMILES string of the molecule is CCc1ccc2c(c1)[C@H](NC[C@H](O)[C@@H](Cc1cc(F)cc(F)c1)NC(=O)Cc1cc(OC)cc(OC)c1)CCC2. The predicted molar refractivity (Wildman–Crippen MR) is 151 cm³/mol. The highest BCUT2D eigenvalue weighted by Crippen LogP contribution is 2.31. The summed E-state index contributed by atoms with van der Waals surface area (Å²) >= 11 is 0. The van der Waals surface area contributed by atoms with Crippen molar-refractivity contribution in [2.24, 2.45) is 0 Å². The van der Waals surface area contributed by atoms with Crippen LogP contribution < -0.4 is 20.1 Å². The highest BCUT2D eigenvalue weighted by molar-refractivity contribution is 5.79. The molecule has 0 radical (unpaired) electrons. The Balaban J connectivity index is 1.49. The molecule has 8 heteroatoms. The zero-order valence-electron chi connectivity index (χ0n) is 23.3. The number of hydrogen-bond acceptors (Lipinski definition) is 5. The van der Waals surface area contributed by atoms with Gasteiger partial charge in [-0.05, 0) is 84.2 Å². The van der Waals surface area contributed by atoms with Gasteiger partial charge in [0.05, 0.1) is 32.8 Å². The van der Waals surface area contributed by atoms with Crippen molar-refractivity contribution in [2.75, 3.05) is 20.8 Å². The molecular weight excluding hydrogens is 514 g/mol. The van der Waals surface area contributed by atoms with E-state index in [-0.39, 0.29) is 31.3 Å². The minimum Gasteiger partial charge on any atom is -0.497 e. The zero-order chi connectivity index (χ0) is 28.6. The van der Waals surface area contributed by atoms with Crippen molar-refractivity contribution in [1.82, 2.24) is 10.6 Å². The van der Waals surface area contributed by atoms with Gasteiger partial charge < -0.3 is 25.2 Å². The maximum atomic E-state index is 13.9. The topological polar surface area (TPSA) is 79.8 Å². The fourth-order valence-corrected chi connectivity index (χ4v) is 5.36. The van der Waals surface area contributed by atoms with Gasteiger partial charge >= 0.3 is 0 Å². The van der Waals surface area contributed by atoms with E-state index in [1.807, 2.05) is 0 Å². The Morgan fingerprint density at radius 2 is 1.68 bits per heavy atom. The van der Waals surface area contributed by atoms with Crippen LogP contribution >= 0.6 is 0 Å². The summed E-state index contributed by atoms with van der Waals surface area (Å²) in [4.78, 5) is 13.1. The van der Waals surface area contributed by atoms with Crippen LogP contribution in [0.15, 0.2) is 54.6 Å². The lowest BCUT2D eigenvalue weighted by atomic mass is 9.86.